The van der Waals surface area contributed by atoms with Crippen molar-refractivity contribution >= 4 is 27.5 Å². The predicted molar refractivity (Wildman–Crippen MR) is 122 cm³/mol. The molecule has 1 atom stereocenters. The number of carbonyl (C=O) groups excluding carboxylic acids is 2. The Morgan fingerprint density at radius 2 is 1.73 bits per heavy atom. The van der Waals surface area contributed by atoms with Crippen LogP contribution in [0.25, 0.3) is 0 Å². The van der Waals surface area contributed by atoms with Gasteiger partial charge >= 0.3 is 0 Å². The number of nitrogens with zero attached hydrogens (tertiary/aromatic N) is 2. The Kier molecular flexibility index (Phi) is 6.85. The Morgan fingerprint density at radius 3 is 2.36 bits per heavy atom. The standard InChI is InChI=1S/C23H27N3O6S/c1-31-19-9-7-18(8-10-19)24-33(29,30)20-5-2-4-17(16-20)22(27)25-11-13-26(14-12-25)23(28)21-6-3-15-32-21/h2,4-5,7-10,16,21,24H,3,6,11-15H2,1H3. The molecule has 10 heteroatoms. The van der Waals surface area contributed by atoms with Gasteiger partial charge in [0, 0.05) is 44.0 Å². The molecule has 0 radical (unpaired) electrons. The second kappa shape index (κ2) is 9.80. The van der Waals surface area contributed by atoms with E-state index in [1.54, 1.807) is 46.2 Å². The van der Waals surface area contributed by atoms with Gasteiger partial charge in [-0.25, -0.2) is 8.42 Å². The summed E-state index contributed by atoms with van der Waals surface area (Å²) in [7, 11) is -2.35. The number of benzene rings is 2. The molecule has 0 aliphatic carbocycles. The molecule has 0 spiro atoms. The summed E-state index contributed by atoms with van der Waals surface area (Å²) in [6.07, 6.45) is 1.26. The van der Waals surface area contributed by atoms with Crippen molar-refractivity contribution in [2.45, 2.75) is 23.8 Å². The van der Waals surface area contributed by atoms with Gasteiger partial charge in [0.15, 0.2) is 0 Å². The molecular formula is C23H27N3O6S. The first kappa shape index (κ1) is 23.1. The number of amides is 2. The molecule has 2 amide bonds. The largest absolute Gasteiger partial charge is 0.497 e. The highest BCUT2D eigenvalue weighted by Crippen LogP contribution is 2.21. The first-order valence-electron chi connectivity index (χ1n) is 10.8. The van der Waals surface area contributed by atoms with E-state index < -0.39 is 10.0 Å². The Balaban J connectivity index is 1.40. The molecule has 176 valence electrons. The van der Waals surface area contributed by atoms with Crippen LogP contribution in [0.2, 0.25) is 0 Å². The van der Waals surface area contributed by atoms with Crippen molar-refractivity contribution in [3.63, 3.8) is 0 Å². The first-order chi connectivity index (χ1) is 15.9. The molecule has 9 nitrogen and oxygen atoms in total. The maximum atomic E-state index is 13.0. The lowest BCUT2D eigenvalue weighted by Gasteiger charge is -2.35. The lowest BCUT2D eigenvalue weighted by molar-refractivity contribution is -0.142. The topological polar surface area (TPSA) is 105 Å². The van der Waals surface area contributed by atoms with E-state index >= 15 is 0 Å². The van der Waals surface area contributed by atoms with Crippen molar-refractivity contribution < 1.29 is 27.5 Å². The van der Waals surface area contributed by atoms with Crippen LogP contribution in [0.5, 0.6) is 5.75 Å². The zero-order valence-electron chi connectivity index (χ0n) is 18.4. The Bertz CT molecular complexity index is 1110. The maximum Gasteiger partial charge on any atom is 0.261 e. The molecule has 0 bridgehead atoms. The summed E-state index contributed by atoms with van der Waals surface area (Å²) in [5.41, 5.74) is 0.672. The fourth-order valence-electron chi connectivity index (χ4n) is 3.96. The van der Waals surface area contributed by atoms with Crippen molar-refractivity contribution in [1.29, 1.82) is 0 Å². The highest BCUT2D eigenvalue weighted by molar-refractivity contribution is 7.92. The van der Waals surface area contributed by atoms with Gasteiger partial charge in [0.2, 0.25) is 0 Å². The van der Waals surface area contributed by atoms with Gasteiger partial charge in [-0.1, -0.05) is 6.07 Å². The summed E-state index contributed by atoms with van der Waals surface area (Å²) in [6.45, 7) is 2.25. The Labute approximate surface area is 193 Å². The molecule has 33 heavy (non-hydrogen) atoms. The van der Waals surface area contributed by atoms with Crippen LogP contribution < -0.4 is 9.46 Å². The number of ether oxygens (including phenoxy) is 2. The number of rotatable bonds is 6. The van der Waals surface area contributed by atoms with Crippen LogP contribution in [0.3, 0.4) is 0 Å². The van der Waals surface area contributed by atoms with Gasteiger partial charge in [0.05, 0.1) is 12.0 Å². The number of methoxy groups -OCH3 is 1. The molecule has 2 aliphatic heterocycles. The zero-order valence-corrected chi connectivity index (χ0v) is 19.2. The number of anilines is 1. The van der Waals surface area contributed by atoms with E-state index in [2.05, 4.69) is 4.72 Å². The Morgan fingerprint density at radius 1 is 1.03 bits per heavy atom. The summed E-state index contributed by atoms with van der Waals surface area (Å²) in [5, 5.41) is 0. The van der Waals surface area contributed by atoms with Gasteiger partial charge in [0.25, 0.3) is 21.8 Å². The van der Waals surface area contributed by atoms with Crippen LogP contribution in [0.1, 0.15) is 23.2 Å². The predicted octanol–water partition coefficient (Wildman–Crippen LogP) is 1.96. The highest BCUT2D eigenvalue weighted by atomic mass is 32.2. The lowest BCUT2D eigenvalue weighted by Crippen LogP contribution is -2.52. The third kappa shape index (κ3) is 5.28. The average Bonchev–Trinajstić information content (AvgIpc) is 3.39. The van der Waals surface area contributed by atoms with Crippen LogP contribution >= 0.6 is 0 Å². The second-order valence-electron chi connectivity index (χ2n) is 7.98. The normalized spacial score (nSPS) is 18.8. The fraction of sp³-hybridized carbons (Fsp3) is 0.391. The number of sulfonamides is 1. The number of nitrogens with one attached hydrogen (secondary N) is 1. The molecular weight excluding hydrogens is 446 g/mol. The van der Waals surface area contributed by atoms with Crippen LogP contribution in [-0.2, 0) is 19.6 Å². The van der Waals surface area contributed by atoms with Crippen molar-refractivity contribution in [1.82, 2.24) is 9.80 Å². The fourth-order valence-corrected chi connectivity index (χ4v) is 5.06. The Hall–Kier alpha value is -3.11. The molecule has 2 fully saturated rings. The molecule has 1 unspecified atom stereocenters. The number of piperazine rings is 1. The number of hydrogen-bond donors (Lipinski definition) is 1. The smallest absolute Gasteiger partial charge is 0.261 e. The third-order valence-corrected chi connectivity index (χ3v) is 7.20. The van der Waals surface area contributed by atoms with Gasteiger partial charge in [-0.05, 0) is 55.3 Å². The minimum Gasteiger partial charge on any atom is -0.497 e. The molecule has 2 aromatic rings. The SMILES string of the molecule is COc1ccc(NS(=O)(=O)c2cccc(C(=O)N3CCN(C(=O)C4CCCO4)CC3)c2)cc1. The molecule has 2 heterocycles. The van der Waals surface area contributed by atoms with E-state index in [1.807, 2.05) is 0 Å². The van der Waals surface area contributed by atoms with Crippen LogP contribution in [0, 0.1) is 0 Å². The molecule has 1 N–H and O–H groups in total. The van der Waals surface area contributed by atoms with Gasteiger partial charge in [0.1, 0.15) is 11.9 Å². The maximum absolute atomic E-state index is 13.0. The number of carbonyl (C=O) groups is 2. The first-order valence-corrected chi connectivity index (χ1v) is 12.3. The summed E-state index contributed by atoms with van der Waals surface area (Å²) >= 11 is 0. The van der Waals surface area contributed by atoms with Crippen molar-refractivity contribution in [3.8, 4) is 5.75 Å². The van der Waals surface area contributed by atoms with Gasteiger partial charge in [-0.3, -0.25) is 14.3 Å². The summed E-state index contributed by atoms with van der Waals surface area (Å²) in [4.78, 5) is 28.9. The van der Waals surface area contributed by atoms with Crippen LogP contribution in [0.4, 0.5) is 5.69 Å². The van der Waals surface area contributed by atoms with Crippen molar-refractivity contribution in [2.75, 3.05) is 44.6 Å². The van der Waals surface area contributed by atoms with E-state index in [4.69, 9.17) is 9.47 Å². The third-order valence-electron chi connectivity index (χ3n) is 5.82. The zero-order chi connectivity index (χ0) is 23.4. The van der Waals surface area contributed by atoms with Gasteiger partial charge < -0.3 is 19.3 Å². The van der Waals surface area contributed by atoms with Crippen molar-refractivity contribution in [2.24, 2.45) is 0 Å². The second-order valence-corrected chi connectivity index (χ2v) is 9.66. The lowest BCUT2D eigenvalue weighted by atomic mass is 10.1. The van der Waals surface area contributed by atoms with Gasteiger partial charge in [-0.2, -0.15) is 0 Å². The van der Waals surface area contributed by atoms with E-state index in [0.29, 0.717) is 44.2 Å². The highest BCUT2D eigenvalue weighted by Gasteiger charge is 2.31. The molecule has 0 saturated carbocycles. The average molecular weight is 474 g/mol. The van der Waals surface area contributed by atoms with Crippen LogP contribution in [0.15, 0.2) is 53.4 Å². The molecule has 2 aromatic carbocycles. The molecule has 0 aromatic heterocycles. The molecule has 2 saturated heterocycles. The van der Waals surface area contributed by atoms with Gasteiger partial charge in [-0.15, -0.1) is 0 Å². The van der Waals surface area contributed by atoms with E-state index in [0.717, 1.165) is 12.8 Å². The summed E-state index contributed by atoms with van der Waals surface area (Å²) < 4.78 is 38.7. The number of hydrogen-bond acceptors (Lipinski definition) is 6. The summed E-state index contributed by atoms with van der Waals surface area (Å²) in [6, 6.07) is 12.5. The summed E-state index contributed by atoms with van der Waals surface area (Å²) in [5.74, 6) is 0.334. The molecule has 2 aliphatic rings. The van der Waals surface area contributed by atoms with Crippen molar-refractivity contribution in [3.05, 3.63) is 54.1 Å². The minimum absolute atomic E-state index is 0.00337. The van der Waals surface area contributed by atoms with Crippen LogP contribution in [-0.4, -0.2) is 76.0 Å². The minimum atomic E-state index is -3.88. The van der Waals surface area contributed by atoms with E-state index in [-0.39, 0.29) is 28.4 Å². The van der Waals surface area contributed by atoms with E-state index in [1.165, 1.54) is 19.2 Å². The molecule has 4 rings (SSSR count). The quantitative estimate of drug-likeness (QED) is 0.688. The monoisotopic (exact) mass is 473 g/mol. The van der Waals surface area contributed by atoms with E-state index in [9.17, 15) is 18.0 Å².